The fourth-order valence-corrected chi connectivity index (χ4v) is 2.89. The predicted molar refractivity (Wildman–Crippen MR) is 82.2 cm³/mol. The summed E-state index contributed by atoms with van der Waals surface area (Å²) >= 11 is 12.2. The largest absolute Gasteiger partial charge is 0.343 e. The molecule has 0 spiro atoms. The van der Waals surface area contributed by atoms with E-state index in [2.05, 4.69) is 6.07 Å². The molecule has 0 aliphatic heterocycles. The number of benzene rings is 2. The third-order valence-electron chi connectivity index (χ3n) is 3.33. The van der Waals surface area contributed by atoms with E-state index in [9.17, 15) is 4.39 Å². The fourth-order valence-electron chi connectivity index (χ4n) is 2.34. The minimum atomic E-state index is -0.364. The normalized spacial score (nSPS) is 10.8. The molecule has 0 N–H and O–H groups in total. The highest BCUT2D eigenvalue weighted by Gasteiger charge is 2.09. The molecule has 0 atom stereocenters. The first-order valence-corrected chi connectivity index (χ1v) is 6.96. The Hall–Kier alpha value is -2.02. The molecule has 0 amide bonds. The van der Waals surface area contributed by atoms with Gasteiger partial charge in [0.05, 0.1) is 22.2 Å². The number of halogens is 3. The minimum Gasteiger partial charge on any atom is -0.343 e. The summed E-state index contributed by atoms with van der Waals surface area (Å²) in [6.07, 6.45) is 1.85. The maximum atomic E-state index is 13.4. The zero-order valence-corrected chi connectivity index (χ0v) is 12.3. The number of aromatic nitrogens is 1. The molecule has 1 heterocycles. The summed E-state index contributed by atoms with van der Waals surface area (Å²) in [5, 5.41) is 11.1. The van der Waals surface area contributed by atoms with Crippen LogP contribution in [0.4, 0.5) is 4.39 Å². The van der Waals surface area contributed by atoms with Gasteiger partial charge in [-0.3, -0.25) is 0 Å². The number of rotatable bonds is 2. The summed E-state index contributed by atoms with van der Waals surface area (Å²) in [5.74, 6) is -0.364. The molecule has 3 aromatic rings. The van der Waals surface area contributed by atoms with Gasteiger partial charge in [-0.1, -0.05) is 23.2 Å². The van der Waals surface area contributed by atoms with Gasteiger partial charge in [0.25, 0.3) is 0 Å². The minimum absolute atomic E-state index is 0.364. The van der Waals surface area contributed by atoms with Crippen molar-refractivity contribution < 1.29 is 4.39 Å². The summed E-state index contributed by atoms with van der Waals surface area (Å²) in [6, 6.07) is 11.6. The Bertz CT molecular complexity index is 878. The zero-order chi connectivity index (χ0) is 15.0. The molecule has 0 radical (unpaired) electrons. The van der Waals surface area contributed by atoms with E-state index < -0.39 is 0 Å². The van der Waals surface area contributed by atoms with Crippen LogP contribution >= 0.6 is 23.2 Å². The Labute approximate surface area is 130 Å². The van der Waals surface area contributed by atoms with Crippen LogP contribution in [0.3, 0.4) is 0 Å². The van der Waals surface area contributed by atoms with Crippen molar-refractivity contribution in [3.05, 3.63) is 69.6 Å². The molecule has 21 heavy (non-hydrogen) atoms. The summed E-state index contributed by atoms with van der Waals surface area (Å²) in [4.78, 5) is 0. The van der Waals surface area contributed by atoms with E-state index in [1.54, 1.807) is 12.1 Å². The van der Waals surface area contributed by atoms with Gasteiger partial charge in [0.2, 0.25) is 0 Å². The predicted octanol–water partition coefficient (Wildman–Crippen LogP) is 5.01. The lowest BCUT2D eigenvalue weighted by Crippen LogP contribution is -2.01. The smallest absolute Gasteiger partial charge is 0.123 e. The molecule has 1 aromatic heterocycles. The van der Waals surface area contributed by atoms with Crippen LogP contribution in [0.1, 0.15) is 11.1 Å². The van der Waals surface area contributed by atoms with Gasteiger partial charge < -0.3 is 4.57 Å². The van der Waals surface area contributed by atoms with Crippen molar-refractivity contribution in [3.8, 4) is 6.07 Å². The van der Waals surface area contributed by atoms with Gasteiger partial charge in [-0.05, 0) is 42.0 Å². The zero-order valence-electron chi connectivity index (χ0n) is 10.8. The molecule has 0 fully saturated rings. The highest BCUT2D eigenvalue weighted by Crippen LogP contribution is 2.29. The first-order chi connectivity index (χ1) is 10.1. The number of nitriles is 1. The highest BCUT2D eigenvalue weighted by molar-refractivity contribution is 6.38. The van der Waals surface area contributed by atoms with Gasteiger partial charge in [-0.25, -0.2) is 4.39 Å². The van der Waals surface area contributed by atoms with E-state index in [1.165, 1.54) is 18.2 Å². The van der Waals surface area contributed by atoms with Crippen LogP contribution in [0.15, 0.2) is 42.6 Å². The molecule has 2 nitrogen and oxygen atoms in total. The monoisotopic (exact) mass is 318 g/mol. The lowest BCUT2D eigenvalue weighted by molar-refractivity contribution is 0.623. The van der Waals surface area contributed by atoms with Crippen molar-refractivity contribution in [2.24, 2.45) is 0 Å². The van der Waals surface area contributed by atoms with Gasteiger partial charge in [0, 0.05) is 23.2 Å². The molecule has 2 aromatic carbocycles. The third-order valence-corrected chi connectivity index (χ3v) is 3.86. The van der Waals surface area contributed by atoms with Crippen LogP contribution in [0, 0.1) is 17.1 Å². The van der Waals surface area contributed by atoms with Crippen LogP contribution in [-0.2, 0) is 6.54 Å². The number of nitrogens with zero attached hydrogens (tertiary/aromatic N) is 2. The van der Waals surface area contributed by atoms with Gasteiger partial charge in [0.15, 0.2) is 0 Å². The number of hydrogen-bond acceptors (Lipinski definition) is 1. The average Bonchev–Trinajstić information content (AvgIpc) is 2.82. The van der Waals surface area contributed by atoms with Crippen LogP contribution in [0.2, 0.25) is 10.0 Å². The highest BCUT2D eigenvalue weighted by atomic mass is 35.5. The molecule has 0 aliphatic rings. The second-order valence-electron chi connectivity index (χ2n) is 4.68. The Morgan fingerprint density at radius 1 is 1.14 bits per heavy atom. The second-order valence-corrected chi connectivity index (χ2v) is 5.52. The standard InChI is InChI=1S/C16H9Cl2FN2/c17-12-6-15(18)14-3-4-21(16(14)7-12)9-11-5-13(19)2-1-10(11)8-20/h1-7H,9H2. The van der Waals surface area contributed by atoms with E-state index in [-0.39, 0.29) is 5.82 Å². The molecule has 0 unspecified atom stereocenters. The average molecular weight is 319 g/mol. The summed E-state index contributed by atoms with van der Waals surface area (Å²) in [5.41, 5.74) is 1.91. The third kappa shape index (κ3) is 2.61. The van der Waals surface area contributed by atoms with E-state index in [1.807, 2.05) is 16.8 Å². The summed E-state index contributed by atoms with van der Waals surface area (Å²) in [7, 11) is 0. The van der Waals surface area contributed by atoms with Crippen molar-refractivity contribution in [2.45, 2.75) is 6.54 Å². The van der Waals surface area contributed by atoms with Crippen molar-refractivity contribution in [1.29, 1.82) is 5.26 Å². The van der Waals surface area contributed by atoms with Crippen LogP contribution in [0.5, 0.6) is 0 Å². The summed E-state index contributed by atoms with van der Waals surface area (Å²) < 4.78 is 15.3. The van der Waals surface area contributed by atoms with E-state index in [4.69, 9.17) is 28.5 Å². The maximum absolute atomic E-state index is 13.4. The van der Waals surface area contributed by atoms with Crippen molar-refractivity contribution in [1.82, 2.24) is 4.57 Å². The first kappa shape index (κ1) is 13.9. The van der Waals surface area contributed by atoms with E-state index in [0.29, 0.717) is 27.7 Å². The van der Waals surface area contributed by atoms with Crippen molar-refractivity contribution >= 4 is 34.1 Å². The summed E-state index contributed by atoms with van der Waals surface area (Å²) in [6.45, 7) is 0.376. The van der Waals surface area contributed by atoms with Crippen molar-refractivity contribution in [3.63, 3.8) is 0 Å². The molecule has 104 valence electrons. The second kappa shape index (κ2) is 5.40. The van der Waals surface area contributed by atoms with Crippen LogP contribution in [-0.4, -0.2) is 4.57 Å². The van der Waals surface area contributed by atoms with Crippen molar-refractivity contribution in [2.75, 3.05) is 0 Å². The SMILES string of the molecule is N#Cc1ccc(F)cc1Cn1ccc2c(Cl)cc(Cl)cc21. The Kier molecular flexibility index (Phi) is 3.59. The molecule has 0 saturated carbocycles. The fraction of sp³-hybridized carbons (Fsp3) is 0.0625. The topological polar surface area (TPSA) is 28.7 Å². The molecular formula is C16H9Cl2FN2. The quantitative estimate of drug-likeness (QED) is 0.653. The Morgan fingerprint density at radius 3 is 2.71 bits per heavy atom. The van der Waals surface area contributed by atoms with Gasteiger partial charge in [0.1, 0.15) is 5.82 Å². The van der Waals surface area contributed by atoms with E-state index in [0.717, 1.165) is 10.9 Å². The van der Waals surface area contributed by atoms with Gasteiger partial charge >= 0.3 is 0 Å². The van der Waals surface area contributed by atoms with Gasteiger partial charge in [-0.2, -0.15) is 5.26 Å². The van der Waals surface area contributed by atoms with Crippen LogP contribution < -0.4 is 0 Å². The molecule has 0 bridgehead atoms. The lowest BCUT2D eigenvalue weighted by Gasteiger charge is -2.08. The number of fused-ring (bicyclic) bond motifs is 1. The first-order valence-electron chi connectivity index (χ1n) is 6.21. The molecule has 0 saturated heterocycles. The Balaban J connectivity index is 2.11. The van der Waals surface area contributed by atoms with E-state index >= 15 is 0 Å². The molecular weight excluding hydrogens is 310 g/mol. The maximum Gasteiger partial charge on any atom is 0.123 e. The van der Waals surface area contributed by atoms with Crippen LogP contribution in [0.25, 0.3) is 10.9 Å². The Morgan fingerprint density at radius 2 is 1.95 bits per heavy atom. The lowest BCUT2D eigenvalue weighted by atomic mass is 10.1. The molecule has 5 heteroatoms. The number of hydrogen-bond donors (Lipinski definition) is 0. The molecule has 0 aliphatic carbocycles. The van der Waals surface area contributed by atoms with Gasteiger partial charge in [-0.15, -0.1) is 0 Å². The molecule has 3 rings (SSSR count).